The van der Waals surface area contributed by atoms with Gasteiger partial charge in [-0.2, -0.15) is 0 Å². The van der Waals surface area contributed by atoms with E-state index in [-0.39, 0.29) is 11.1 Å². The van der Waals surface area contributed by atoms with E-state index in [1.54, 1.807) is 0 Å². The summed E-state index contributed by atoms with van der Waals surface area (Å²) in [6, 6.07) is 8.09. The molecule has 21 heavy (non-hydrogen) atoms. The van der Waals surface area contributed by atoms with E-state index in [0.717, 1.165) is 34.8 Å². The molecular weight excluding hydrogens is 284 g/mol. The van der Waals surface area contributed by atoms with Gasteiger partial charge in [0.1, 0.15) is 0 Å². The number of nitrogens with zero attached hydrogens (tertiary/aromatic N) is 2. The van der Waals surface area contributed by atoms with Crippen molar-refractivity contribution in [3.05, 3.63) is 40.9 Å². The highest BCUT2D eigenvalue weighted by atomic mass is 32.2. The fourth-order valence-electron chi connectivity index (χ4n) is 2.57. The summed E-state index contributed by atoms with van der Waals surface area (Å²) in [5.41, 5.74) is 2.12. The summed E-state index contributed by atoms with van der Waals surface area (Å²) in [6.45, 7) is 5.17. The number of para-hydroxylation sites is 1. The van der Waals surface area contributed by atoms with E-state index in [9.17, 15) is 9.59 Å². The summed E-state index contributed by atoms with van der Waals surface area (Å²) in [5.74, 6) is -0.194. The van der Waals surface area contributed by atoms with Gasteiger partial charge in [-0.25, -0.2) is 0 Å². The first-order valence-electron chi connectivity index (χ1n) is 6.99. The molecule has 108 valence electrons. The maximum Gasteiger partial charge on any atom is 0.293 e. The third kappa shape index (κ3) is 2.27. The Morgan fingerprint density at radius 2 is 1.90 bits per heavy atom. The summed E-state index contributed by atoms with van der Waals surface area (Å²) >= 11 is 1.02. The minimum Gasteiger partial charge on any atom is -0.347 e. The highest BCUT2D eigenvalue weighted by Gasteiger charge is 2.33. The van der Waals surface area contributed by atoms with Crippen molar-refractivity contribution in [2.75, 3.05) is 6.54 Å². The molecule has 0 N–H and O–H groups in total. The standard InChI is InChI=1S/C16H16N2O2S/c1-3-17-10-11(12-7-5-6-8-13(12)17)9-14-15(19)18(4-2)16(20)21-14/h5-10H,3-4H2,1-2H3. The Morgan fingerprint density at radius 1 is 1.14 bits per heavy atom. The van der Waals surface area contributed by atoms with Crippen LogP contribution in [0.5, 0.6) is 0 Å². The number of rotatable bonds is 3. The van der Waals surface area contributed by atoms with Crippen molar-refractivity contribution in [1.82, 2.24) is 9.47 Å². The first kappa shape index (κ1) is 13.9. The monoisotopic (exact) mass is 300 g/mol. The van der Waals surface area contributed by atoms with Crippen LogP contribution in [-0.4, -0.2) is 27.2 Å². The lowest BCUT2D eigenvalue weighted by atomic mass is 10.1. The van der Waals surface area contributed by atoms with Gasteiger partial charge in [0.25, 0.3) is 11.1 Å². The van der Waals surface area contributed by atoms with Gasteiger partial charge < -0.3 is 4.57 Å². The molecule has 1 saturated heterocycles. The van der Waals surface area contributed by atoms with E-state index in [2.05, 4.69) is 17.6 Å². The molecule has 1 aromatic heterocycles. The predicted molar refractivity (Wildman–Crippen MR) is 86.0 cm³/mol. The Labute approximate surface area is 127 Å². The molecule has 4 nitrogen and oxygen atoms in total. The molecule has 0 bridgehead atoms. The second kappa shape index (κ2) is 5.41. The van der Waals surface area contributed by atoms with E-state index in [1.165, 1.54) is 4.90 Å². The molecule has 1 fully saturated rings. The number of benzene rings is 1. The van der Waals surface area contributed by atoms with E-state index >= 15 is 0 Å². The van der Waals surface area contributed by atoms with Gasteiger partial charge in [0.15, 0.2) is 0 Å². The number of fused-ring (bicyclic) bond motifs is 1. The van der Waals surface area contributed by atoms with Gasteiger partial charge >= 0.3 is 0 Å². The van der Waals surface area contributed by atoms with E-state index in [0.29, 0.717) is 11.4 Å². The predicted octanol–water partition coefficient (Wildman–Crippen LogP) is 3.72. The summed E-state index contributed by atoms with van der Waals surface area (Å²) in [5, 5.41) is 0.913. The van der Waals surface area contributed by atoms with E-state index in [1.807, 2.05) is 37.4 Å². The molecule has 2 amide bonds. The number of carbonyl (C=O) groups excluding carboxylic acids is 2. The Hall–Kier alpha value is -2.01. The fraction of sp³-hybridized carbons (Fsp3) is 0.250. The average Bonchev–Trinajstić information content (AvgIpc) is 2.98. The molecule has 1 aliphatic rings. The first-order valence-corrected chi connectivity index (χ1v) is 7.80. The smallest absolute Gasteiger partial charge is 0.293 e. The fourth-order valence-corrected chi connectivity index (χ4v) is 3.46. The number of carbonyl (C=O) groups is 2. The number of likely N-dealkylation sites (N-methyl/N-ethyl adjacent to an activating group) is 1. The van der Waals surface area contributed by atoms with Crippen molar-refractivity contribution in [2.24, 2.45) is 0 Å². The zero-order valence-electron chi connectivity index (χ0n) is 12.0. The Morgan fingerprint density at radius 3 is 2.57 bits per heavy atom. The lowest BCUT2D eigenvalue weighted by molar-refractivity contribution is -0.122. The van der Waals surface area contributed by atoms with Gasteiger partial charge in [0, 0.05) is 35.8 Å². The average molecular weight is 300 g/mol. The van der Waals surface area contributed by atoms with Gasteiger partial charge in [-0.05, 0) is 37.8 Å². The van der Waals surface area contributed by atoms with E-state index < -0.39 is 0 Å². The summed E-state index contributed by atoms with van der Waals surface area (Å²) in [4.78, 5) is 25.7. The van der Waals surface area contributed by atoms with Crippen LogP contribution in [0.2, 0.25) is 0 Å². The van der Waals surface area contributed by atoms with Gasteiger partial charge in [-0.3, -0.25) is 14.5 Å². The molecule has 0 atom stereocenters. The minimum atomic E-state index is -0.194. The highest BCUT2D eigenvalue weighted by Crippen LogP contribution is 2.33. The summed E-state index contributed by atoms with van der Waals surface area (Å²) in [6.07, 6.45) is 3.86. The van der Waals surface area contributed by atoms with E-state index in [4.69, 9.17) is 0 Å². The second-order valence-electron chi connectivity index (χ2n) is 4.81. The summed E-state index contributed by atoms with van der Waals surface area (Å²) < 4.78 is 2.14. The highest BCUT2D eigenvalue weighted by molar-refractivity contribution is 8.18. The number of aryl methyl sites for hydroxylation is 1. The first-order chi connectivity index (χ1) is 10.2. The minimum absolute atomic E-state index is 0.187. The Kier molecular flexibility index (Phi) is 3.59. The maximum absolute atomic E-state index is 12.2. The number of amides is 2. The second-order valence-corrected chi connectivity index (χ2v) is 5.81. The van der Waals surface area contributed by atoms with Crippen molar-refractivity contribution in [3.8, 4) is 0 Å². The maximum atomic E-state index is 12.2. The number of hydrogen-bond acceptors (Lipinski definition) is 3. The third-order valence-electron chi connectivity index (χ3n) is 3.64. The number of thioether (sulfide) groups is 1. The molecule has 0 saturated carbocycles. The van der Waals surface area contributed by atoms with Crippen LogP contribution in [0.3, 0.4) is 0 Å². The normalized spacial score (nSPS) is 17.4. The molecule has 0 radical (unpaired) electrons. The van der Waals surface area contributed by atoms with Crippen LogP contribution < -0.4 is 0 Å². The van der Waals surface area contributed by atoms with Crippen LogP contribution in [0.1, 0.15) is 19.4 Å². The van der Waals surface area contributed by atoms with Crippen molar-refractivity contribution >= 4 is 39.9 Å². The van der Waals surface area contributed by atoms with Crippen molar-refractivity contribution < 1.29 is 9.59 Å². The van der Waals surface area contributed by atoms with Crippen LogP contribution in [0.25, 0.3) is 17.0 Å². The van der Waals surface area contributed by atoms with Crippen LogP contribution in [0.15, 0.2) is 35.4 Å². The van der Waals surface area contributed by atoms with Gasteiger partial charge in [-0.1, -0.05) is 18.2 Å². The molecule has 0 unspecified atom stereocenters. The zero-order valence-corrected chi connectivity index (χ0v) is 12.8. The van der Waals surface area contributed by atoms with Crippen LogP contribution in [-0.2, 0) is 11.3 Å². The van der Waals surface area contributed by atoms with Crippen LogP contribution in [0.4, 0.5) is 4.79 Å². The molecule has 2 aromatic rings. The quantitative estimate of drug-likeness (QED) is 0.811. The van der Waals surface area contributed by atoms with Gasteiger partial charge in [-0.15, -0.1) is 0 Å². The number of hydrogen-bond donors (Lipinski definition) is 0. The Balaban J connectivity index is 2.08. The van der Waals surface area contributed by atoms with Crippen molar-refractivity contribution in [2.45, 2.75) is 20.4 Å². The molecule has 3 rings (SSSR count). The van der Waals surface area contributed by atoms with Crippen LogP contribution >= 0.6 is 11.8 Å². The molecule has 0 spiro atoms. The molecule has 1 aliphatic heterocycles. The molecular formula is C16H16N2O2S. The largest absolute Gasteiger partial charge is 0.347 e. The molecule has 1 aromatic carbocycles. The molecule has 0 aliphatic carbocycles. The SMILES string of the molecule is CCN1C(=O)SC(=Cc2cn(CC)c3ccccc23)C1=O. The lowest BCUT2D eigenvalue weighted by Gasteiger charge is -2.06. The van der Waals surface area contributed by atoms with Crippen molar-refractivity contribution in [1.29, 1.82) is 0 Å². The molecule has 5 heteroatoms. The number of imide groups is 1. The van der Waals surface area contributed by atoms with Crippen molar-refractivity contribution in [3.63, 3.8) is 0 Å². The number of aromatic nitrogens is 1. The lowest BCUT2D eigenvalue weighted by Crippen LogP contribution is -2.27. The van der Waals surface area contributed by atoms with Crippen LogP contribution in [0, 0.1) is 0 Å². The molecule has 2 heterocycles. The van der Waals surface area contributed by atoms with Gasteiger partial charge in [0.05, 0.1) is 4.91 Å². The topological polar surface area (TPSA) is 42.3 Å². The zero-order chi connectivity index (χ0) is 15.0. The Bertz CT molecular complexity index is 761. The summed E-state index contributed by atoms with van der Waals surface area (Å²) in [7, 11) is 0. The van der Waals surface area contributed by atoms with Gasteiger partial charge in [0.2, 0.25) is 0 Å². The third-order valence-corrected chi connectivity index (χ3v) is 4.54.